The summed E-state index contributed by atoms with van der Waals surface area (Å²) in [6, 6.07) is 0. The molecule has 1 aliphatic heterocycles. The lowest BCUT2D eigenvalue weighted by Crippen LogP contribution is -2.26. The van der Waals surface area contributed by atoms with Crippen molar-refractivity contribution in [2.45, 2.75) is 33.2 Å². The molecular weight excluding hydrogens is 372 g/mol. The Morgan fingerprint density at radius 2 is 2.03 bits per heavy atom. The Labute approximate surface area is 179 Å². The predicted molar refractivity (Wildman–Crippen MR) is 128 cm³/mol. The highest BCUT2D eigenvalue weighted by molar-refractivity contribution is 6.07. The minimum Gasteiger partial charge on any atom is -0.508 e. The van der Waals surface area contributed by atoms with Gasteiger partial charge in [-0.15, -0.1) is 6.58 Å². The van der Waals surface area contributed by atoms with E-state index in [9.17, 15) is 5.11 Å². The van der Waals surface area contributed by atoms with Gasteiger partial charge >= 0.3 is 0 Å². The number of aliphatic imine (C=N–C) groups is 1. The molecule has 0 aliphatic carbocycles. The van der Waals surface area contributed by atoms with E-state index in [0.29, 0.717) is 12.4 Å². The van der Waals surface area contributed by atoms with Gasteiger partial charge in [-0.25, -0.2) is 9.98 Å². The molecule has 0 saturated heterocycles. The van der Waals surface area contributed by atoms with Crippen LogP contribution in [0.15, 0.2) is 97.1 Å². The van der Waals surface area contributed by atoms with Crippen molar-refractivity contribution in [3.8, 4) is 0 Å². The van der Waals surface area contributed by atoms with E-state index < -0.39 is 0 Å². The molecule has 0 atom stereocenters. The summed E-state index contributed by atoms with van der Waals surface area (Å²) in [7, 11) is 0. The molecule has 1 aliphatic rings. The highest BCUT2D eigenvalue weighted by atomic mass is 16.3. The Morgan fingerprint density at radius 1 is 1.27 bits per heavy atom. The van der Waals surface area contributed by atoms with E-state index in [1.807, 2.05) is 24.8 Å². The summed E-state index contributed by atoms with van der Waals surface area (Å²) in [5.41, 5.74) is 3.95. The lowest BCUT2D eigenvalue weighted by atomic mass is 10.2. The van der Waals surface area contributed by atoms with Gasteiger partial charge in [0.25, 0.3) is 0 Å². The van der Waals surface area contributed by atoms with E-state index in [-0.39, 0.29) is 5.76 Å². The fourth-order valence-electron chi connectivity index (χ4n) is 3.02. The zero-order chi connectivity index (χ0) is 22.1. The highest BCUT2D eigenvalue weighted by Crippen LogP contribution is 2.33. The summed E-state index contributed by atoms with van der Waals surface area (Å²) in [5.74, 6) is 1.45. The van der Waals surface area contributed by atoms with E-state index in [4.69, 9.17) is 4.98 Å². The minimum absolute atomic E-state index is 0.110. The van der Waals surface area contributed by atoms with E-state index in [0.717, 1.165) is 41.4 Å². The second-order valence-electron chi connectivity index (χ2n) is 6.93. The van der Waals surface area contributed by atoms with Crippen molar-refractivity contribution >= 4 is 17.9 Å². The quantitative estimate of drug-likeness (QED) is 0.176. The maximum Gasteiger partial charge on any atom is 0.216 e. The van der Waals surface area contributed by atoms with Crippen LogP contribution in [0.1, 0.15) is 31.2 Å². The van der Waals surface area contributed by atoms with Crippen LogP contribution in [0.4, 0.5) is 5.95 Å². The number of aliphatic hydroxyl groups is 1. The van der Waals surface area contributed by atoms with Crippen LogP contribution in [-0.2, 0) is 6.54 Å². The molecule has 5 nitrogen and oxygen atoms in total. The van der Waals surface area contributed by atoms with Crippen LogP contribution >= 0.6 is 0 Å². The molecule has 0 fully saturated rings. The monoisotopic (exact) mass is 402 g/mol. The van der Waals surface area contributed by atoms with E-state index >= 15 is 0 Å². The van der Waals surface area contributed by atoms with Crippen molar-refractivity contribution < 1.29 is 5.11 Å². The molecule has 0 spiro atoms. The van der Waals surface area contributed by atoms with Gasteiger partial charge in [0.15, 0.2) is 0 Å². The molecule has 1 aromatic heterocycles. The summed E-state index contributed by atoms with van der Waals surface area (Å²) in [6.45, 7) is 19.8. The predicted octanol–water partition coefficient (Wildman–Crippen LogP) is 6.18. The fraction of sp³-hybridized carbons (Fsp3) is 0.200. The number of aromatic nitrogens is 2. The van der Waals surface area contributed by atoms with E-state index in [1.165, 1.54) is 6.08 Å². The van der Waals surface area contributed by atoms with Gasteiger partial charge in [-0.05, 0) is 51.0 Å². The lowest BCUT2D eigenvalue weighted by Gasteiger charge is -2.18. The summed E-state index contributed by atoms with van der Waals surface area (Å²) >= 11 is 0. The molecule has 30 heavy (non-hydrogen) atoms. The molecule has 1 N–H and O–H groups in total. The molecule has 156 valence electrons. The maximum atomic E-state index is 10.2. The minimum atomic E-state index is 0.110. The molecule has 2 heterocycles. The SMILES string of the molecule is C=C/C=C\N=C(C=C)N1/C(=C/C(O)=C\C=C)Cn2c1nc(/C=C\CCC(=C)C)c2C. The third-order valence-electron chi connectivity index (χ3n) is 4.50. The second kappa shape index (κ2) is 10.8. The topological polar surface area (TPSA) is 53.6 Å². The first-order valence-corrected chi connectivity index (χ1v) is 9.81. The first-order chi connectivity index (χ1) is 14.4. The molecule has 2 rings (SSSR count). The first-order valence-electron chi connectivity index (χ1n) is 9.81. The lowest BCUT2D eigenvalue weighted by molar-refractivity contribution is 0.431. The van der Waals surface area contributed by atoms with Crippen LogP contribution in [0.3, 0.4) is 0 Å². The molecule has 0 radical (unpaired) electrons. The van der Waals surface area contributed by atoms with Crippen LogP contribution in [0.25, 0.3) is 6.08 Å². The summed E-state index contributed by atoms with van der Waals surface area (Å²) in [5, 5.41) is 10.2. The Balaban J connectivity index is 2.49. The van der Waals surface area contributed by atoms with Crippen molar-refractivity contribution in [2.75, 3.05) is 4.90 Å². The van der Waals surface area contributed by atoms with Crippen LogP contribution in [-0.4, -0.2) is 20.5 Å². The van der Waals surface area contributed by atoms with Gasteiger partial charge in [-0.1, -0.05) is 43.5 Å². The average molecular weight is 403 g/mol. The summed E-state index contributed by atoms with van der Waals surface area (Å²) in [6.07, 6.45) is 17.5. The zero-order valence-corrected chi connectivity index (χ0v) is 17.9. The zero-order valence-electron chi connectivity index (χ0n) is 17.9. The summed E-state index contributed by atoms with van der Waals surface area (Å²) in [4.78, 5) is 11.2. The fourth-order valence-corrected chi connectivity index (χ4v) is 3.02. The normalized spacial score (nSPS) is 15.9. The number of nitrogens with zero attached hydrogens (tertiary/aromatic N) is 4. The van der Waals surface area contributed by atoms with Crippen LogP contribution in [0.5, 0.6) is 0 Å². The Kier molecular flexibility index (Phi) is 8.18. The van der Waals surface area contributed by atoms with Crippen molar-refractivity contribution in [1.82, 2.24) is 9.55 Å². The number of anilines is 1. The third kappa shape index (κ3) is 5.47. The molecule has 1 aromatic rings. The van der Waals surface area contributed by atoms with Gasteiger partial charge in [0.1, 0.15) is 11.6 Å². The van der Waals surface area contributed by atoms with Gasteiger partial charge in [0.2, 0.25) is 5.95 Å². The smallest absolute Gasteiger partial charge is 0.216 e. The van der Waals surface area contributed by atoms with Crippen LogP contribution in [0, 0.1) is 6.92 Å². The van der Waals surface area contributed by atoms with E-state index in [1.54, 1.807) is 36.6 Å². The van der Waals surface area contributed by atoms with Crippen molar-refractivity contribution in [2.24, 2.45) is 4.99 Å². The molecule has 0 saturated carbocycles. The van der Waals surface area contributed by atoms with Gasteiger partial charge in [0, 0.05) is 18.0 Å². The number of aliphatic hydroxyl groups excluding tert-OH is 1. The van der Waals surface area contributed by atoms with Crippen molar-refractivity contribution in [3.63, 3.8) is 0 Å². The Bertz CT molecular complexity index is 983. The number of hydrogen-bond acceptors (Lipinski definition) is 3. The molecule has 5 heteroatoms. The largest absolute Gasteiger partial charge is 0.508 e. The number of allylic oxidation sites excluding steroid dienone is 8. The van der Waals surface area contributed by atoms with Crippen molar-refractivity contribution in [3.05, 3.63) is 103 Å². The number of imidazole rings is 1. The van der Waals surface area contributed by atoms with Gasteiger partial charge in [-0.3, -0.25) is 4.90 Å². The summed E-state index contributed by atoms with van der Waals surface area (Å²) < 4.78 is 2.10. The molecular formula is C25H30N4O. The molecule has 0 amide bonds. The number of hydrogen-bond donors (Lipinski definition) is 1. The van der Waals surface area contributed by atoms with Crippen LogP contribution < -0.4 is 4.90 Å². The molecule has 0 aromatic carbocycles. The number of fused-ring (bicyclic) bond motifs is 1. The van der Waals surface area contributed by atoms with Gasteiger partial charge < -0.3 is 9.67 Å². The third-order valence-corrected chi connectivity index (χ3v) is 4.50. The highest BCUT2D eigenvalue weighted by Gasteiger charge is 2.31. The first kappa shape index (κ1) is 22.7. The molecule has 0 bridgehead atoms. The average Bonchev–Trinajstić information content (AvgIpc) is 3.19. The van der Waals surface area contributed by atoms with Crippen LogP contribution in [0.2, 0.25) is 0 Å². The number of rotatable bonds is 9. The van der Waals surface area contributed by atoms with E-state index in [2.05, 4.69) is 42.0 Å². The number of amidine groups is 1. The Morgan fingerprint density at radius 3 is 2.67 bits per heavy atom. The maximum absolute atomic E-state index is 10.2. The molecule has 0 unspecified atom stereocenters. The second-order valence-corrected chi connectivity index (χ2v) is 6.93. The standard InChI is InChI=1S/C25H30N4O/c1-7-10-16-26-24(9-3)29-21(17-22(30)13-8-2)18-28-20(6)23(27-25(28)29)15-12-11-14-19(4)5/h7-10,12-13,15-17,30H,1-4,11,14,18H2,5-6H3/b15-12-,16-10-,21-17+,22-13+,26-24?. The van der Waals surface area contributed by atoms with Gasteiger partial charge in [-0.2, -0.15) is 0 Å². The van der Waals surface area contributed by atoms with Crippen molar-refractivity contribution in [1.29, 1.82) is 0 Å². The Hall–Kier alpha value is -3.60. The van der Waals surface area contributed by atoms with Gasteiger partial charge in [0.05, 0.1) is 17.9 Å².